The van der Waals surface area contributed by atoms with Crippen LogP contribution in [0, 0.1) is 38.4 Å². The van der Waals surface area contributed by atoms with E-state index < -0.39 is 11.6 Å². The van der Waals surface area contributed by atoms with Gasteiger partial charge in [0.2, 0.25) is 67.8 Å². The van der Waals surface area contributed by atoms with E-state index in [1.165, 1.54) is 42.0 Å². The Labute approximate surface area is 901 Å². The largest absolute Gasteiger partial charge is 0.337 e. The molecule has 0 saturated heterocycles. The number of nitrogens with zero attached hydrogens (tertiary/aromatic N) is 24. The molecule has 0 atom stereocenters. The van der Waals surface area contributed by atoms with Gasteiger partial charge in [-0.2, -0.15) is 0 Å². The zero-order valence-electron chi connectivity index (χ0n) is 76.7. The summed E-state index contributed by atoms with van der Waals surface area (Å²) in [6.07, 6.45) is 0. The molecule has 0 amide bonds. The summed E-state index contributed by atoms with van der Waals surface area (Å²) >= 11 is 29.9. The first-order chi connectivity index (χ1) is 73.2. The van der Waals surface area contributed by atoms with E-state index in [1.807, 2.05) is 208 Å². The molecule has 0 unspecified atom stereocenters. The van der Waals surface area contributed by atoms with E-state index in [0.29, 0.717) is 130 Å². The van der Waals surface area contributed by atoms with Crippen molar-refractivity contribution in [2.45, 2.75) is 13.8 Å². The first-order valence-corrected chi connectivity index (χ1v) is 48.9. The van der Waals surface area contributed by atoms with Crippen molar-refractivity contribution in [2.75, 3.05) is 63.8 Å². The zero-order valence-corrected chi connectivity index (χ0v) is 86.4. The van der Waals surface area contributed by atoms with E-state index in [-0.39, 0.29) is 57.1 Å². The van der Waals surface area contributed by atoms with Crippen molar-refractivity contribution in [3.63, 3.8) is 0 Å². The van der Waals surface area contributed by atoms with Gasteiger partial charge in [0.05, 0.1) is 55.5 Å². The van der Waals surface area contributed by atoms with Crippen molar-refractivity contribution in [3.8, 4) is 0 Å². The molecule has 12 N–H and O–H groups in total. The Balaban J connectivity index is 0.000000113. The van der Waals surface area contributed by atoms with Crippen LogP contribution in [-0.4, -0.2) is 122 Å². The van der Waals surface area contributed by atoms with Crippen LogP contribution in [-0.2, 0) is 0 Å². The third kappa shape index (κ3) is 25.8. The molecule has 0 radical (unpaired) electrons. The second-order valence-corrected chi connectivity index (χ2v) is 36.4. The van der Waals surface area contributed by atoms with Crippen molar-refractivity contribution in [1.29, 1.82) is 0 Å². The first-order valence-electron chi connectivity index (χ1n) is 44.0. The number of benzene rings is 12. The van der Waals surface area contributed by atoms with Crippen LogP contribution in [0.4, 0.5) is 151 Å². The van der Waals surface area contributed by atoms with Crippen LogP contribution < -0.4 is 63.8 Å². The average molecular weight is 2420 g/mol. The number of aryl methyl sites for hydroxylation is 2. The number of fused-ring (bicyclic) bond motifs is 6. The summed E-state index contributed by atoms with van der Waals surface area (Å²) in [4.78, 5) is 52.7. The van der Waals surface area contributed by atoms with Gasteiger partial charge < -0.3 is 63.8 Å². The fourth-order valence-electron chi connectivity index (χ4n) is 13.3. The number of halogens is 10. The second kappa shape index (κ2) is 47.6. The van der Waals surface area contributed by atoms with E-state index in [2.05, 4.69) is 272 Å². The Morgan fingerprint density at radius 2 is 0.407 bits per heavy atom. The number of hydrogen-bond acceptors (Lipinski definition) is 42. The lowest BCUT2D eigenvalue weighted by atomic mass is 10.2. The van der Waals surface area contributed by atoms with Crippen molar-refractivity contribution in [3.05, 3.63) is 351 Å². The van der Waals surface area contributed by atoms with Crippen LogP contribution in [0.5, 0.6) is 0 Å². The normalized spacial score (nSPS) is 10.8. The highest BCUT2D eigenvalue weighted by atomic mass is 127. The lowest BCUT2D eigenvalue weighted by Gasteiger charge is -2.13. The average Bonchev–Trinajstić information content (AvgIpc) is 1.55. The van der Waals surface area contributed by atoms with Gasteiger partial charge in [-0.1, -0.05) is 167 Å². The Morgan fingerprint density at radius 3 is 0.660 bits per heavy atom. The Kier molecular flexibility index (Phi) is 32.0. The van der Waals surface area contributed by atoms with Crippen LogP contribution in [0.15, 0.2) is 328 Å². The Morgan fingerprint density at radius 1 is 0.213 bits per heavy atom. The molecule has 12 aromatic heterocycles. The summed E-state index contributed by atoms with van der Waals surface area (Å²) in [5.74, 6) is 3.88. The summed E-state index contributed by atoms with van der Waals surface area (Å²) in [7, 11) is 0. The van der Waals surface area contributed by atoms with Gasteiger partial charge >= 0.3 is 0 Å². The molecule has 52 heteroatoms. The predicted molar refractivity (Wildman–Crippen MR) is 586 cm³/mol. The summed E-state index contributed by atoms with van der Waals surface area (Å²) in [5, 5.41) is 84.2. The van der Waals surface area contributed by atoms with Gasteiger partial charge in [0.25, 0.3) is 0 Å². The van der Waals surface area contributed by atoms with Crippen LogP contribution >= 0.6 is 112 Å². The van der Waals surface area contributed by atoms with Gasteiger partial charge in [0, 0.05) is 43.9 Å². The van der Waals surface area contributed by atoms with Gasteiger partial charge in [0.15, 0.2) is 69.8 Å². The van der Waals surface area contributed by atoms with Crippen LogP contribution in [0.25, 0.3) is 67.8 Å². The highest BCUT2D eigenvalue weighted by Gasteiger charge is 2.24. The summed E-state index contributed by atoms with van der Waals surface area (Å²) in [6, 6.07) is 87.1. The molecule has 0 spiro atoms. The number of anilines is 24. The van der Waals surface area contributed by atoms with Crippen LogP contribution in [0.1, 0.15) is 11.1 Å². The maximum atomic E-state index is 13.9. The van der Waals surface area contributed by atoms with Crippen molar-refractivity contribution in [2.24, 2.45) is 0 Å². The molecule has 42 nitrogen and oxygen atoms in total. The SMILES string of the molecule is Brc1ccccc1Nc1nc2nonc2nc1Nc1ccccc1Br.Cc1ccc(Nc2nc3nonc3nc2Nc2ccc(Cl)cc2)cc1.Cc1ccc(Nc2nc3nonc3nc2Nc2ccc(F)cc2)cc1.Clc1ccccc1Nc1nc2nonc2nc1Nc1ccccc1Cl.Fc1ccccc1Nc1nc2nonc2nc1Nc1ccccc1F.Ic1ccccc1Nc1nc2nonc2nc1Nc1ccccc1I. The third-order valence-corrected chi connectivity index (χ3v) is 24.7. The van der Waals surface area contributed by atoms with Crippen LogP contribution in [0.2, 0.25) is 15.1 Å². The highest BCUT2D eigenvalue weighted by Crippen LogP contribution is 2.39. The molecule has 0 aliphatic carbocycles. The minimum Gasteiger partial charge on any atom is -0.337 e. The molecular formula is C98H66Br2Cl3F3I2N36O6. The molecule has 150 heavy (non-hydrogen) atoms. The van der Waals surface area contributed by atoms with E-state index in [0.717, 1.165) is 61.5 Å². The summed E-state index contributed by atoms with van der Waals surface area (Å²) < 4.78 is 73.0. The molecular weight excluding hydrogens is 2350 g/mol. The quantitative estimate of drug-likeness (QED) is 0.0250. The lowest BCUT2D eigenvalue weighted by Crippen LogP contribution is -2.05. The van der Waals surface area contributed by atoms with Gasteiger partial charge in [-0.3, -0.25) is 0 Å². The number of hydrogen-bond donors (Lipinski definition) is 12. The van der Waals surface area contributed by atoms with E-state index in [1.54, 1.807) is 60.7 Å². The number of aromatic nitrogens is 24. The summed E-state index contributed by atoms with van der Waals surface area (Å²) in [6.45, 7) is 4.04. The standard InChI is InChI=1S/C17H13ClN6O.C17H13FN6O.C16H10Br2N6O.C16H10Cl2N6O.C16H10F2N6O.C16H10I2N6O/c2*1-10-2-6-12(7-3-10)19-14-15(20-13-8-4-11(18)5-9-13)22-17-16(21-14)23-25-24-17;4*17-9-5-1-3-7-11(9)19-13-14(20-12-8-4-2-6-10(12)18)22-16-15(21-13)23-25-24-16/h2*2-9H,1H3,(H,19,21,23)(H,20,22,24);4*1-8H,(H,19,21,23)(H,20,22,24). The molecule has 0 aliphatic rings. The molecule has 0 fully saturated rings. The van der Waals surface area contributed by atoms with Crippen molar-refractivity contribution < 1.29 is 40.9 Å². The minimum atomic E-state index is -0.473. The fraction of sp³-hybridized carbons (Fsp3) is 0.0204. The maximum absolute atomic E-state index is 13.9. The smallest absolute Gasteiger partial charge is 0.245 e. The van der Waals surface area contributed by atoms with Crippen LogP contribution in [0.3, 0.4) is 0 Å². The summed E-state index contributed by atoms with van der Waals surface area (Å²) in [5.41, 5.74) is 14.2. The Hall–Kier alpha value is -17.8. The fourth-order valence-corrected chi connectivity index (χ4v) is 15.6. The van der Waals surface area contributed by atoms with Gasteiger partial charge in [-0.15, -0.1) is 0 Å². The lowest BCUT2D eigenvalue weighted by molar-refractivity contribution is 0.314. The van der Waals surface area contributed by atoms with Crippen molar-refractivity contribution in [1.82, 2.24) is 122 Å². The molecule has 0 saturated carbocycles. The van der Waals surface area contributed by atoms with Gasteiger partial charge in [-0.05, 0) is 323 Å². The second-order valence-electron chi connectivity index (χ2n) is 31.1. The molecule has 24 rings (SSSR count). The maximum Gasteiger partial charge on any atom is 0.245 e. The number of nitrogens with one attached hydrogen (secondary N) is 12. The number of rotatable bonds is 24. The Bertz CT molecular complexity index is 7540. The topological polar surface area (TPSA) is 533 Å². The van der Waals surface area contributed by atoms with Crippen molar-refractivity contribution >= 4 is 318 Å². The predicted octanol–water partition coefficient (Wildman–Crippen LogP) is 26.7. The van der Waals surface area contributed by atoms with E-state index in [9.17, 15) is 13.2 Å². The molecule has 0 bridgehead atoms. The number of para-hydroxylation sites is 8. The van der Waals surface area contributed by atoms with Gasteiger partial charge in [-0.25, -0.2) is 101 Å². The van der Waals surface area contributed by atoms with E-state index in [4.69, 9.17) is 53.3 Å². The molecule has 24 aromatic rings. The first kappa shape index (κ1) is 101. The van der Waals surface area contributed by atoms with E-state index >= 15 is 0 Å². The molecule has 744 valence electrons. The molecule has 0 aliphatic heterocycles. The zero-order chi connectivity index (χ0) is 103. The minimum absolute atomic E-state index is 0.137. The molecule has 12 heterocycles. The van der Waals surface area contributed by atoms with Gasteiger partial charge in [0.1, 0.15) is 17.5 Å². The third-order valence-electron chi connectivity index (χ3n) is 20.5. The highest BCUT2D eigenvalue weighted by molar-refractivity contribution is 14.1. The molecule has 12 aromatic carbocycles. The monoisotopic (exact) mass is 2420 g/mol.